The molecule has 1 aromatic carbocycles. The Balaban J connectivity index is 2.39. The monoisotopic (exact) mass is 174 g/mol. The SMILES string of the molecule is CCOC1=Cc2ccccc2C1=O. The number of Topliss-reactive ketones (excluding diaryl/α,β-unsaturated/α-hetero) is 1. The highest BCUT2D eigenvalue weighted by molar-refractivity contribution is 6.16. The zero-order chi connectivity index (χ0) is 9.26. The lowest BCUT2D eigenvalue weighted by molar-refractivity contribution is 0.0937. The molecular formula is C11H10O2. The van der Waals surface area contributed by atoms with Crippen LogP contribution < -0.4 is 0 Å². The molecule has 1 aromatic rings. The molecule has 2 heteroatoms. The molecule has 0 saturated carbocycles. The molecule has 1 aliphatic rings. The fraction of sp³-hybridized carbons (Fsp3) is 0.182. The summed E-state index contributed by atoms with van der Waals surface area (Å²) < 4.78 is 5.21. The molecule has 0 spiro atoms. The largest absolute Gasteiger partial charge is 0.490 e. The number of fused-ring (bicyclic) bond motifs is 1. The minimum atomic E-state index is -0.00236. The summed E-state index contributed by atoms with van der Waals surface area (Å²) in [6.45, 7) is 2.41. The molecule has 13 heavy (non-hydrogen) atoms. The molecule has 0 amide bonds. The third-order valence-electron chi connectivity index (χ3n) is 2.02. The number of benzene rings is 1. The van der Waals surface area contributed by atoms with Crippen molar-refractivity contribution in [1.29, 1.82) is 0 Å². The number of hydrogen-bond acceptors (Lipinski definition) is 2. The summed E-state index contributed by atoms with van der Waals surface area (Å²) in [6.07, 6.45) is 1.79. The Morgan fingerprint density at radius 2 is 2.08 bits per heavy atom. The van der Waals surface area contributed by atoms with Gasteiger partial charge in [-0.2, -0.15) is 0 Å². The first kappa shape index (κ1) is 8.05. The summed E-state index contributed by atoms with van der Waals surface area (Å²) in [5.41, 5.74) is 1.70. The summed E-state index contributed by atoms with van der Waals surface area (Å²) in [7, 11) is 0. The highest BCUT2D eigenvalue weighted by Crippen LogP contribution is 2.24. The van der Waals surface area contributed by atoms with Crippen LogP contribution in [0.2, 0.25) is 0 Å². The lowest BCUT2D eigenvalue weighted by atomic mass is 10.1. The van der Waals surface area contributed by atoms with Crippen LogP contribution in [0.4, 0.5) is 0 Å². The second-order valence-electron chi connectivity index (χ2n) is 2.86. The third-order valence-corrected chi connectivity index (χ3v) is 2.02. The smallest absolute Gasteiger partial charge is 0.228 e. The second-order valence-corrected chi connectivity index (χ2v) is 2.86. The normalized spacial score (nSPS) is 13.9. The van der Waals surface area contributed by atoms with Crippen LogP contribution in [0.15, 0.2) is 30.0 Å². The van der Waals surface area contributed by atoms with Crippen LogP contribution in [-0.2, 0) is 4.74 Å². The van der Waals surface area contributed by atoms with Crippen molar-refractivity contribution in [3.05, 3.63) is 41.2 Å². The summed E-state index contributed by atoms with van der Waals surface area (Å²) in [5.74, 6) is 0.459. The van der Waals surface area contributed by atoms with E-state index in [2.05, 4.69) is 0 Å². The van der Waals surface area contributed by atoms with E-state index >= 15 is 0 Å². The first-order valence-electron chi connectivity index (χ1n) is 4.31. The fourth-order valence-corrected chi connectivity index (χ4v) is 1.43. The van der Waals surface area contributed by atoms with E-state index in [0.717, 1.165) is 11.1 Å². The Hall–Kier alpha value is -1.57. The first-order valence-corrected chi connectivity index (χ1v) is 4.31. The topological polar surface area (TPSA) is 26.3 Å². The summed E-state index contributed by atoms with van der Waals surface area (Å²) in [4.78, 5) is 11.6. The number of rotatable bonds is 2. The van der Waals surface area contributed by atoms with E-state index in [-0.39, 0.29) is 5.78 Å². The molecule has 0 radical (unpaired) electrons. The number of allylic oxidation sites excluding steroid dienone is 1. The fourth-order valence-electron chi connectivity index (χ4n) is 1.43. The van der Waals surface area contributed by atoms with Crippen molar-refractivity contribution in [1.82, 2.24) is 0 Å². The standard InChI is InChI=1S/C11H10O2/c1-2-13-10-7-8-5-3-4-6-9(8)11(10)12/h3-7H,2H2,1H3. The van der Waals surface area contributed by atoms with Crippen LogP contribution in [-0.4, -0.2) is 12.4 Å². The van der Waals surface area contributed by atoms with E-state index in [0.29, 0.717) is 12.4 Å². The van der Waals surface area contributed by atoms with Crippen LogP contribution in [0, 0.1) is 0 Å². The van der Waals surface area contributed by atoms with Gasteiger partial charge in [0.05, 0.1) is 6.61 Å². The number of ketones is 1. The van der Waals surface area contributed by atoms with Crippen molar-refractivity contribution in [2.75, 3.05) is 6.61 Å². The zero-order valence-corrected chi connectivity index (χ0v) is 7.41. The maximum absolute atomic E-state index is 11.6. The van der Waals surface area contributed by atoms with Crippen LogP contribution >= 0.6 is 0 Å². The second kappa shape index (κ2) is 3.05. The molecule has 66 valence electrons. The average Bonchev–Trinajstić information content (AvgIpc) is 2.46. The lowest BCUT2D eigenvalue weighted by Gasteiger charge is -2.00. The van der Waals surface area contributed by atoms with Gasteiger partial charge < -0.3 is 4.74 Å². The molecule has 2 nitrogen and oxygen atoms in total. The van der Waals surface area contributed by atoms with E-state index in [1.165, 1.54) is 0 Å². The van der Waals surface area contributed by atoms with Gasteiger partial charge in [0.25, 0.3) is 0 Å². The van der Waals surface area contributed by atoms with Crippen LogP contribution in [0.25, 0.3) is 6.08 Å². The van der Waals surface area contributed by atoms with Crippen molar-refractivity contribution < 1.29 is 9.53 Å². The van der Waals surface area contributed by atoms with Gasteiger partial charge in [0.15, 0.2) is 5.76 Å². The predicted octanol–water partition coefficient (Wildman–Crippen LogP) is 2.26. The van der Waals surface area contributed by atoms with Gasteiger partial charge in [-0.05, 0) is 18.6 Å². The maximum Gasteiger partial charge on any atom is 0.228 e. The van der Waals surface area contributed by atoms with E-state index in [4.69, 9.17) is 4.74 Å². The summed E-state index contributed by atoms with van der Waals surface area (Å²) >= 11 is 0. The van der Waals surface area contributed by atoms with Crippen LogP contribution in [0.3, 0.4) is 0 Å². The average molecular weight is 174 g/mol. The van der Waals surface area contributed by atoms with E-state index in [9.17, 15) is 4.79 Å². The summed E-state index contributed by atoms with van der Waals surface area (Å²) in [5, 5.41) is 0. The van der Waals surface area contributed by atoms with Gasteiger partial charge in [-0.15, -0.1) is 0 Å². The molecule has 1 aliphatic carbocycles. The Morgan fingerprint density at radius 3 is 2.77 bits per heavy atom. The Labute approximate surface area is 76.8 Å². The zero-order valence-electron chi connectivity index (χ0n) is 7.41. The molecular weight excluding hydrogens is 164 g/mol. The predicted molar refractivity (Wildman–Crippen MR) is 50.4 cm³/mol. The van der Waals surface area contributed by atoms with Gasteiger partial charge in [0, 0.05) is 5.56 Å². The van der Waals surface area contributed by atoms with Gasteiger partial charge in [0.1, 0.15) is 0 Å². The molecule has 0 aromatic heterocycles. The molecule has 0 heterocycles. The third kappa shape index (κ3) is 1.24. The van der Waals surface area contributed by atoms with E-state index in [1.807, 2.05) is 31.2 Å². The molecule has 0 atom stereocenters. The Bertz CT molecular complexity index is 377. The van der Waals surface area contributed by atoms with Gasteiger partial charge in [-0.25, -0.2) is 0 Å². The van der Waals surface area contributed by atoms with E-state index < -0.39 is 0 Å². The Kier molecular flexibility index (Phi) is 1.89. The van der Waals surface area contributed by atoms with E-state index in [1.54, 1.807) is 6.08 Å². The number of hydrogen-bond donors (Lipinski definition) is 0. The maximum atomic E-state index is 11.6. The van der Waals surface area contributed by atoms with Gasteiger partial charge in [0.2, 0.25) is 5.78 Å². The molecule has 0 bridgehead atoms. The number of ether oxygens (including phenoxy) is 1. The van der Waals surface area contributed by atoms with Crippen molar-refractivity contribution in [2.45, 2.75) is 6.92 Å². The number of carbonyl (C=O) groups is 1. The lowest BCUT2D eigenvalue weighted by Crippen LogP contribution is -2.01. The molecule has 0 unspecified atom stereocenters. The molecule has 0 N–H and O–H groups in total. The minimum absolute atomic E-state index is 0.00236. The Morgan fingerprint density at radius 1 is 1.31 bits per heavy atom. The highest BCUT2D eigenvalue weighted by atomic mass is 16.5. The molecule has 2 rings (SSSR count). The van der Waals surface area contributed by atoms with Gasteiger partial charge in [-0.1, -0.05) is 24.3 Å². The van der Waals surface area contributed by atoms with Crippen molar-refractivity contribution in [3.8, 4) is 0 Å². The van der Waals surface area contributed by atoms with Gasteiger partial charge in [-0.3, -0.25) is 4.79 Å². The van der Waals surface area contributed by atoms with Crippen LogP contribution in [0.1, 0.15) is 22.8 Å². The van der Waals surface area contributed by atoms with Crippen molar-refractivity contribution in [2.24, 2.45) is 0 Å². The highest BCUT2D eigenvalue weighted by Gasteiger charge is 2.22. The quantitative estimate of drug-likeness (QED) is 0.687. The van der Waals surface area contributed by atoms with Gasteiger partial charge >= 0.3 is 0 Å². The molecule has 0 aliphatic heterocycles. The van der Waals surface area contributed by atoms with Crippen LogP contribution in [0.5, 0.6) is 0 Å². The molecule has 0 saturated heterocycles. The van der Waals surface area contributed by atoms with Crippen molar-refractivity contribution in [3.63, 3.8) is 0 Å². The minimum Gasteiger partial charge on any atom is -0.490 e. The first-order chi connectivity index (χ1) is 6.33. The molecule has 0 fully saturated rings. The summed E-state index contributed by atoms with van der Waals surface area (Å²) in [6, 6.07) is 7.51. The van der Waals surface area contributed by atoms with Crippen molar-refractivity contribution >= 4 is 11.9 Å². The number of carbonyl (C=O) groups excluding carboxylic acids is 1.